The van der Waals surface area contributed by atoms with Gasteiger partial charge >= 0.3 is 0 Å². The second-order valence-corrected chi connectivity index (χ2v) is 9.14. The van der Waals surface area contributed by atoms with Crippen molar-refractivity contribution in [3.63, 3.8) is 0 Å². The van der Waals surface area contributed by atoms with Crippen LogP contribution in [0.2, 0.25) is 0 Å². The van der Waals surface area contributed by atoms with E-state index in [2.05, 4.69) is 34.0 Å². The highest BCUT2D eigenvalue weighted by molar-refractivity contribution is 7.17. The summed E-state index contributed by atoms with van der Waals surface area (Å²) in [5.41, 5.74) is 3.80. The fourth-order valence-electron chi connectivity index (χ4n) is 3.86. The van der Waals surface area contributed by atoms with E-state index in [4.69, 9.17) is 4.74 Å². The molecule has 5 rings (SSSR count). The van der Waals surface area contributed by atoms with Crippen molar-refractivity contribution in [1.29, 1.82) is 0 Å². The number of hydrogen-bond acceptors (Lipinski definition) is 7. The Kier molecular flexibility index (Phi) is 7.45. The maximum atomic E-state index is 14.1. The number of halogens is 1. The quantitative estimate of drug-likeness (QED) is 0.368. The number of anilines is 2. The molecule has 164 valence electrons. The predicted molar refractivity (Wildman–Crippen MR) is 129 cm³/mol. The minimum atomic E-state index is -0.276. The van der Waals surface area contributed by atoms with Crippen LogP contribution in [0.25, 0.3) is 20.4 Å². The molecule has 0 aliphatic carbocycles. The van der Waals surface area contributed by atoms with Gasteiger partial charge in [0.1, 0.15) is 10.6 Å². The Morgan fingerprint density at radius 2 is 2.10 bits per heavy atom. The molecule has 0 bridgehead atoms. The van der Waals surface area contributed by atoms with E-state index in [1.807, 2.05) is 17.5 Å². The average molecular weight is 459 g/mol. The predicted octanol–water partition coefficient (Wildman–Crippen LogP) is 6.30. The Hall–Kier alpha value is -2.13. The number of thiophene rings is 1. The van der Waals surface area contributed by atoms with Gasteiger partial charge in [0, 0.05) is 24.2 Å². The lowest BCUT2D eigenvalue weighted by Crippen LogP contribution is -2.32. The van der Waals surface area contributed by atoms with E-state index in [0.29, 0.717) is 11.7 Å². The SMILES string of the molecule is CCOCC1CCCN1CC.Fc1cc2scnc2cc1Nc1ccnc2sccc12. The molecule has 1 N–H and O–H groups in total. The van der Waals surface area contributed by atoms with Gasteiger partial charge in [-0.15, -0.1) is 22.7 Å². The molecule has 1 aliphatic heterocycles. The fourth-order valence-corrected chi connectivity index (χ4v) is 5.30. The summed E-state index contributed by atoms with van der Waals surface area (Å²) in [7, 11) is 0. The van der Waals surface area contributed by atoms with Crippen molar-refractivity contribution in [2.24, 2.45) is 0 Å². The third-order valence-corrected chi connectivity index (χ3v) is 7.09. The zero-order chi connectivity index (χ0) is 21.6. The molecule has 4 heterocycles. The van der Waals surface area contributed by atoms with Gasteiger partial charge in [-0.1, -0.05) is 6.92 Å². The molecule has 1 aromatic carbocycles. The van der Waals surface area contributed by atoms with Crippen molar-refractivity contribution in [2.75, 3.05) is 31.6 Å². The van der Waals surface area contributed by atoms with Crippen molar-refractivity contribution in [1.82, 2.24) is 14.9 Å². The Balaban J connectivity index is 0.000000180. The molecular formula is C23H27FN4OS2. The molecule has 1 atom stereocenters. The summed E-state index contributed by atoms with van der Waals surface area (Å²) < 4.78 is 20.4. The second kappa shape index (κ2) is 10.5. The number of ether oxygens (including phenoxy) is 1. The van der Waals surface area contributed by atoms with Crippen LogP contribution in [0.5, 0.6) is 0 Å². The molecule has 3 aromatic heterocycles. The van der Waals surface area contributed by atoms with Crippen molar-refractivity contribution in [3.05, 3.63) is 47.2 Å². The number of pyridine rings is 1. The molecule has 0 spiro atoms. The Labute approximate surface area is 189 Å². The highest BCUT2D eigenvalue weighted by Gasteiger charge is 2.22. The Morgan fingerprint density at radius 3 is 2.94 bits per heavy atom. The highest BCUT2D eigenvalue weighted by atomic mass is 32.1. The lowest BCUT2D eigenvalue weighted by Gasteiger charge is -2.21. The van der Waals surface area contributed by atoms with Crippen LogP contribution in [-0.4, -0.2) is 47.2 Å². The maximum Gasteiger partial charge on any atom is 0.148 e. The van der Waals surface area contributed by atoms with Gasteiger partial charge in [0.2, 0.25) is 0 Å². The average Bonchev–Trinajstić information content (AvgIpc) is 3.53. The Morgan fingerprint density at radius 1 is 1.19 bits per heavy atom. The molecule has 5 nitrogen and oxygen atoms in total. The zero-order valence-electron chi connectivity index (χ0n) is 17.8. The molecule has 31 heavy (non-hydrogen) atoms. The summed E-state index contributed by atoms with van der Waals surface area (Å²) in [5.74, 6) is -0.276. The normalized spacial score (nSPS) is 16.5. The third kappa shape index (κ3) is 5.20. The monoisotopic (exact) mass is 458 g/mol. The number of thiazole rings is 1. The van der Waals surface area contributed by atoms with Gasteiger partial charge in [-0.25, -0.2) is 14.4 Å². The fraction of sp³-hybridized carbons (Fsp3) is 0.391. The number of fused-ring (bicyclic) bond motifs is 2. The number of hydrogen-bond donors (Lipinski definition) is 1. The first-order valence-corrected chi connectivity index (χ1v) is 12.4. The van der Waals surface area contributed by atoms with E-state index in [-0.39, 0.29) is 5.82 Å². The van der Waals surface area contributed by atoms with Crippen molar-refractivity contribution in [2.45, 2.75) is 32.7 Å². The summed E-state index contributed by atoms with van der Waals surface area (Å²) in [6, 6.07) is 7.79. The summed E-state index contributed by atoms with van der Waals surface area (Å²) in [6.07, 6.45) is 4.40. The van der Waals surface area contributed by atoms with E-state index in [1.54, 1.807) is 29.1 Å². The van der Waals surface area contributed by atoms with Crippen LogP contribution >= 0.6 is 22.7 Å². The maximum absolute atomic E-state index is 14.1. The first-order valence-electron chi connectivity index (χ1n) is 10.6. The minimum absolute atomic E-state index is 0.276. The molecule has 0 saturated carbocycles. The van der Waals surface area contributed by atoms with Gasteiger partial charge in [-0.2, -0.15) is 0 Å². The largest absolute Gasteiger partial charge is 0.380 e. The third-order valence-electron chi connectivity index (χ3n) is 5.48. The van der Waals surface area contributed by atoms with Crippen LogP contribution in [0.3, 0.4) is 0 Å². The number of rotatable bonds is 6. The van der Waals surface area contributed by atoms with E-state index >= 15 is 0 Å². The van der Waals surface area contributed by atoms with Crippen molar-refractivity contribution in [3.8, 4) is 0 Å². The van der Waals surface area contributed by atoms with Gasteiger partial charge < -0.3 is 10.1 Å². The highest BCUT2D eigenvalue weighted by Crippen LogP contribution is 2.31. The van der Waals surface area contributed by atoms with Crippen LogP contribution in [0, 0.1) is 5.82 Å². The molecule has 1 unspecified atom stereocenters. The minimum Gasteiger partial charge on any atom is -0.380 e. The van der Waals surface area contributed by atoms with E-state index < -0.39 is 0 Å². The van der Waals surface area contributed by atoms with Crippen LogP contribution < -0.4 is 5.32 Å². The summed E-state index contributed by atoms with van der Waals surface area (Å²) >= 11 is 3.00. The van der Waals surface area contributed by atoms with Crippen LogP contribution in [0.15, 0.2) is 41.4 Å². The molecule has 0 amide bonds. The summed E-state index contributed by atoms with van der Waals surface area (Å²) in [5, 5.41) is 6.11. The van der Waals surface area contributed by atoms with E-state index in [9.17, 15) is 4.39 Å². The number of likely N-dealkylation sites (tertiary alicyclic amines) is 1. The molecule has 8 heteroatoms. The number of benzene rings is 1. The molecule has 1 saturated heterocycles. The van der Waals surface area contributed by atoms with Gasteiger partial charge in [0.05, 0.1) is 33.7 Å². The van der Waals surface area contributed by atoms with Gasteiger partial charge in [0.25, 0.3) is 0 Å². The zero-order valence-corrected chi connectivity index (χ0v) is 19.4. The molecule has 1 aliphatic rings. The Bertz CT molecular complexity index is 1130. The van der Waals surface area contributed by atoms with Gasteiger partial charge in [-0.05, 0) is 62.5 Å². The molecular weight excluding hydrogens is 431 g/mol. The topological polar surface area (TPSA) is 50.3 Å². The lowest BCUT2D eigenvalue weighted by atomic mass is 10.2. The first kappa shape index (κ1) is 22.1. The second-order valence-electron chi connectivity index (χ2n) is 7.36. The van der Waals surface area contributed by atoms with Crippen LogP contribution in [0.1, 0.15) is 26.7 Å². The van der Waals surface area contributed by atoms with Crippen molar-refractivity contribution >= 4 is 54.5 Å². The number of nitrogens with zero attached hydrogens (tertiary/aromatic N) is 3. The molecule has 4 aromatic rings. The van der Waals surface area contributed by atoms with Crippen LogP contribution in [-0.2, 0) is 4.74 Å². The lowest BCUT2D eigenvalue weighted by molar-refractivity contribution is 0.0874. The van der Waals surface area contributed by atoms with E-state index in [1.165, 1.54) is 43.3 Å². The van der Waals surface area contributed by atoms with Gasteiger partial charge in [-0.3, -0.25) is 4.90 Å². The summed E-state index contributed by atoms with van der Waals surface area (Å²) in [4.78, 5) is 11.9. The molecule has 1 fully saturated rings. The van der Waals surface area contributed by atoms with Crippen molar-refractivity contribution < 1.29 is 9.13 Å². The summed E-state index contributed by atoms with van der Waals surface area (Å²) in [6.45, 7) is 8.53. The van der Waals surface area contributed by atoms with E-state index in [0.717, 1.165) is 39.3 Å². The molecule has 0 radical (unpaired) electrons. The smallest absolute Gasteiger partial charge is 0.148 e. The standard InChI is InChI=1S/C14H8FN3S2.C9H19NO/c15-9-5-13-12(17-7-20-13)6-11(9)18-10-1-3-16-14-8(10)2-4-19-14;1-3-10-7-5-6-9(10)8-11-4-2/h1-7H,(H,16,18);9H,3-8H2,1-2H3. The number of nitrogens with one attached hydrogen (secondary N) is 1. The first-order chi connectivity index (χ1) is 15.2. The number of aromatic nitrogens is 2. The van der Waals surface area contributed by atoms with Gasteiger partial charge in [0.15, 0.2) is 0 Å². The number of likely N-dealkylation sites (N-methyl/N-ethyl adjacent to an activating group) is 1. The van der Waals surface area contributed by atoms with Crippen LogP contribution in [0.4, 0.5) is 15.8 Å².